The van der Waals surface area contributed by atoms with Crippen molar-refractivity contribution >= 4 is 32.8 Å². The fraction of sp³-hybridized carbons (Fsp3) is 0.167. The summed E-state index contributed by atoms with van der Waals surface area (Å²) in [6.45, 7) is 0.732. The van der Waals surface area contributed by atoms with Gasteiger partial charge in [-0.3, -0.25) is 0 Å². The third-order valence-corrected chi connectivity index (χ3v) is 7.42. The van der Waals surface area contributed by atoms with E-state index in [1.807, 2.05) is 36.4 Å². The van der Waals surface area contributed by atoms with Crippen LogP contribution in [0, 0.1) is 0 Å². The van der Waals surface area contributed by atoms with Gasteiger partial charge in [0.1, 0.15) is 10.0 Å². The second-order valence-corrected chi connectivity index (χ2v) is 9.28. The number of hydrogen-bond donors (Lipinski definition) is 1. The van der Waals surface area contributed by atoms with Crippen LogP contribution in [0.25, 0.3) is 17.0 Å². The normalized spacial score (nSPS) is 11.9. The molecule has 0 saturated heterocycles. The maximum absolute atomic E-state index is 12.4. The molecule has 28 heavy (non-hydrogen) atoms. The Morgan fingerprint density at radius 1 is 1.07 bits per heavy atom. The molecule has 1 N–H and O–H groups in total. The zero-order chi connectivity index (χ0) is 19.6. The largest absolute Gasteiger partial charge is 0.367 e. The summed E-state index contributed by atoms with van der Waals surface area (Å²) in [6, 6.07) is 16.7. The van der Waals surface area contributed by atoms with Crippen molar-refractivity contribution in [2.24, 2.45) is 0 Å². The first kappa shape index (κ1) is 18.5. The third-order valence-electron chi connectivity index (χ3n) is 4.19. The zero-order valence-corrected chi connectivity index (χ0v) is 16.7. The SMILES string of the molecule is CN(CCNc1ccc2nnc(-c3ccccc3)n2n1)S(=O)(=O)c1cccs1. The average Bonchev–Trinajstić information content (AvgIpc) is 3.39. The minimum absolute atomic E-state index is 0.313. The van der Waals surface area contributed by atoms with E-state index in [0.717, 1.165) is 5.56 Å². The summed E-state index contributed by atoms with van der Waals surface area (Å²) in [5.41, 5.74) is 1.56. The van der Waals surface area contributed by atoms with Crippen LogP contribution in [0.2, 0.25) is 0 Å². The molecule has 0 radical (unpaired) electrons. The first-order chi connectivity index (χ1) is 13.6. The van der Waals surface area contributed by atoms with Gasteiger partial charge < -0.3 is 5.32 Å². The third kappa shape index (κ3) is 3.61. The summed E-state index contributed by atoms with van der Waals surface area (Å²) < 4.78 is 28.2. The molecule has 0 atom stereocenters. The lowest BCUT2D eigenvalue weighted by molar-refractivity contribution is 0.482. The van der Waals surface area contributed by atoms with Crippen molar-refractivity contribution in [3.63, 3.8) is 0 Å². The quantitative estimate of drug-likeness (QED) is 0.500. The molecule has 3 aromatic heterocycles. The molecule has 0 aliphatic carbocycles. The van der Waals surface area contributed by atoms with Gasteiger partial charge in [0.15, 0.2) is 11.5 Å². The number of likely N-dealkylation sites (N-methyl/N-ethyl adjacent to an activating group) is 1. The molecule has 8 nitrogen and oxygen atoms in total. The molecule has 1 aromatic carbocycles. The lowest BCUT2D eigenvalue weighted by Crippen LogP contribution is -2.31. The standard InChI is InChI=1S/C18H18N6O2S2/c1-23(28(25,26)17-8-5-13-27-17)12-11-19-15-9-10-16-20-21-18(24(16)22-15)14-6-3-2-4-7-14/h2-10,13H,11-12H2,1H3,(H,19,22). The van der Waals surface area contributed by atoms with Crippen LogP contribution in [0.5, 0.6) is 0 Å². The highest BCUT2D eigenvalue weighted by molar-refractivity contribution is 7.91. The number of sulfonamides is 1. The lowest BCUT2D eigenvalue weighted by atomic mass is 10.2. The highest BCUT2D eigenvalue weighted by Crippen LogP contribution is 2.20. The molecule has 0 saturated carbocycles. The Morgan fingerprint density at radius 3 is 2.64 bits per heavy atom. The van der Waals surface area contributed by atoms with E-state index in [4.69, 9.17) is 0 Å². The summed E-state index contributed by atoms with van der Waals surface area (Å²) in [5, 5.41) is 17.8. The van der Waals surface area contributed by atoms with Crippen molar-refractivity contribution in [2.75, 3.05) is 25.5 Å². The monoisotopic (exact) mass is 414 g/mol. The lowest BCUT2D eigenvalue weighted by Gasteiger charge is -2.16. The van der Waals surface area contributed by atoms with Crippen molar-refractivity contribution in [3.05, 3.63) is 60.0 Å². The van der Waals surface area contributed by atoms with Crippen molar-refractivity contribution < 1.29 is 8.42 Å². The Balaban J connectivity index is 1.47. The smallest absolute Gasteiger partial charge is 0.252 e. The van der Waals surface area contributed by atoms with E-state index in [1.165, 1.54) is 15.6 Å². The molecule has 0 amide bonds. The first-order valence-electron chi connectivity index (χ1n) is 8.57. The molecule has 0 bridgehead atoms. The highest BCUT2D eigenvalue weighted by Gasteiger charge is 2.21. The van der Waals surface area contributed by atoms with Crippen molar-refractivity contribution in [2.45, 2.75) is 4.21 Å². The molecular weight excluding hydrogens is 396 g/mol. The van der Waals surface area contributed by atoms with E-state index in [-0.39, 0.29) is 0 Å². The molecule has 0 unspecified atom stereocenters. The van der Waals surface area contributed by atoms with Gasteiger partial charge in [-0.2, -0.15) is 8.82 Å². The second-order valence-electron chi connectivity index (χ2n) is 6.06. The fourth-order valence-electron chi connectivity index (χ4n) is 2.68. The minimum Gasteiger partial charge on any atom is -0.367 e. The molecule has 144 valence electrons. The maximum Gasteiger partial charge on any atom is 0.252 e. The number of aromatic nitrogens is 4. The van der Waals surface area contributed by atoms with Crippen molar-refractivity contribution in [1.82, 2.24) is 24.1 Å². The zero-order valence-electron chi connectivity index (χ0n) is 15.1. The Labute approximate surface area is 166 Å². The van der Waals surface area contributed by atoms with E-state index in [1.54, 1.807) is 35.1 Å². The number of hydrogen-bond acceptors (Lipinski definition) is 7. The molecule has 4 rings (SSSR count). The van der Waals surface area contributed by atoms with Crippen LogP contribution < -0.4 is 5.32 Å². The van der Waals surface area contributed by atoms with E-state index in [0.29, 0.717) is 34.6 Å². The van der Waals surface area contributed by atoms with Gasteiger partial charge in [-0.25, -0.2) is 8.42 Å². The van der Waals surface area contributed by atoms with Crippen LogP contribution in [0.3, 0.4) is 0 Å². The van der Waals surface area contributed by atoms with Gasteiger partial charge >= 0.3 is 0 Å². The summed E-state index contributed by atoms with van der Waals surface area (Å²) in [7, 11) is -1.88. The Hall–Kier alpha value is -2.82. The van der Waals surface area contributed by atoms with Gasteiger partial charge in [0.25, 0.3) is 10.0 Å². The number of anilines is 1. The molecule has 4 aromatic rings. The van der Waals surface area contributed by atoms with E-state index in [9.17, 15) is 8.42 Å². The van der Waals surface area contributed by atoms with Gasteiger partial charge in [0.05, 0.1) is 0 Å². The van der Waals surface area contributed by atoms with E-state index < -0.39 is 10.0 Å². The molecule has 0 spiro atoms. The predicted octanol–water partition coefficient (Wildman–Crippen LogP) is 2.59. The van der Waals surface area contributed by atoms with Crippen molar-refractivity contribution in [1.29, 1.82) is 0 Å². The van der Waals surface area contributed by atoms with Crippen LogP contribution >= 0.6 is 11.3 Å². The van der Waals surface area contributed by atoms with Gasteiger partial charge in [0.2, 0.25) is 0 Å². The maximum atomic E-state index is 12.4. The van der Waals surface area contributed by atoms with Crippen LogP contribution in [0.4, 0.5) is 5.82 Å². The predicted molar refractivity (Wildman–Crippen MR) is 109 cm³/mol. The summed E-state index contributed by atoms with van der Waals surface area (Å²) in [4.78, 5) is 0. The van der Waals surface area contributed by atoms with Gasteiger partial charge in [-0.1, -0.05) is 36.4 Å². The van der Waals surface area contributed by atoms with Crippen LogP contribution in [-0.2, 0) is 10.0 Å². The number of fused-ring (bicyclic) bond motifs is 1. The number of rotatable bonds is 7. The van der Waals surface area contributed by atoms with Crippen LogP contribution in [0.1, 0.15) is 0 Å². The molecule has 3 heterocycles. The topological polar surface area (TPSA) is 92.5 Å². The molecular formula is C18H18N6O2S2. The van der Waals surface area contributed by atoms with Gasteiger partial charge in [0, 0.05) is 25.7 Å². The molecule has 0 fully saturated rings. The summed E-state index contributed by atoms with van der Waals surface area (Å²) in [6.07, 6.45) is 0. The number of benzene rings is 1. The average molecular weight is 415 g/mol. The fourth-order valence-corrected chi connectivity index (χ4v) is 5.05. The highest BCUT2D eigenvalue weighted by atomic mass is 32.2. The van der Waals surface area contributed by atoms with Crippen LogP contribution in [-0.4, -0.2) is 52.7 Å². The Morgan fingerprint density at radius 2 is 1.89 bits per heavy atom. The number of nitrogens with one attached hydrogen (secondary N) is 1. The summed E-state index contributed by atoms with van der Waals surface area (Å²) in [5.74, 6) is 1.27. The molecule has 0 aliphatic rings. The van der Waals surface area contributed by atoms with Gasteiger partial charge in [-0.05, 0) is 23.6 Å². The second kappa shape index (κ2) is 7.66. The van der Waals surface area contributed by atoms with E-state index in [2.05, 4.69) is 20.6 Å². The number of nitrogens with zero attached hydrogens (tertiary/aromatic N) is 5. The first-order valence-corrected chi connectivity index (χ1v) is 10.9. The Kier molecular flexibility index (Phi) is 5.07. The molecule has 10 heteroatoms. The number of thiophene rings is 1. The minimum atomic E-state index is -3.45. The molecule has 0 aliphatic heterocycles. The summed E-state index contributed by atoms with van der Waals surface area (Å²) >= 11 is 1.21. The Bertz CT molecular complexity index is 1170. The van der Waals surface area contributed by atoms with E-state index >= 15 is 0 Å². The van der Waals surface area contributed by atoms with Gasteiger partial charge in [-0.15, -0.1) is 26.6 Å². The van der Waals surface area contributed by atoms with Crippen molar-refractivity contribution in [3.8, 4) is 11.4 Å². The van der Waals surface area contributed by atoms with Crippen LogP contribution in [0.15, 0.2) is 64.2 Å².